The number of anilines is 1. The highest BCUT2D eigenvalue weighted by molar-refractivity contribution is 7.89. The predicted molar refractivity (Wildman–Crippen MR) is 80.2 cm³/mol. The standard InChI is InChI=1S/C14H23N3O2S/c1-3-15-13-8-7-12(11-16-13)20(18,19)17-14(2)9-5-4-6-10-14/h7-8,11,17H,3-6,9-10H2,1-2H3,(H,15,16). The molecule has 1 fully saturated rings. The van der Waals surface area contributed by atoms with Gasteiger partial charge in [0.2, 0.25) is 10.0 Å². The van der Waals surface area contributed by atoms with Crippen LogP contribution in [0.1, 0.15) is 46.0 Å². The Balaban J connectivity index is 2.13. The highest BCUT2D eigenvalue weighted by Gasteiger charge is 2.32. The van der Waals surface area contributed by atoms with Gasteiger partial charge in [0.25, 0.3) is 0 Å². The molecule has 1 aromatic heterocycles. The summed E-state index contributed by atoms with van der Waals surface area (Å²) in [6.07, 6.45) is 6.56. The Hall–Kier alpha value is -1.14. The molecule has 0 aromatic carbocycles. The Morgan fingerprint density at radius 1 is 1.25 bits per heavy atom. The quantitative estimate of drug-likeness (QED) is 0.876. The molecule has 0 saturated heterocycles. The van der Waals surface area contributed by atoms with E-state index in [1.54, 1.807) is 12.1 Å². The number of sulfonamides is 1. The molecule has 1 aliphatic carbocycles. The molecule has 0 unspecified atom stereocenters. The zero-order valence-electron chi connectivity index (χ0n) is 12.1. The summed E-state index contributed by atoms with van der Waals surface area (Å²) in [5, 5.41) is 3.05. The molecule has 1 heterocycles. The molecule has 112 valence electrons. The van der Waals surface area contributed by atoms with Crippen LogP contribution in [0.4, 0.5) is 5.82 Å². The zero-order valence-corrected chi connectivity index (χ0v) is 13.0. The van der Waals surface area contributed by atoms with Crippen molar-refractivity contribution in [3.8, 4) is 0 Å². The Morgan fingerprint density at radius 2 is 1.95 bits per heavy atom. The molecule has 6 heteroatoms. The van der Waals surface area contributed by atoms with E-state index in [0.717, 1.165) is 32.2 Å². The number of aromatic nitrogens is 1. The van der Waals surface area contributed by atoms with E-state index < -0.39 is 10.0 Å². The van der Waals surface area contributed by atoms with E-state index in [0.29, 0.717) is 5.82 Å². The largest absolute Gasteiger partial charge is 0.370 e. The molecular weight excluding hydrogens is 274 g/mol. The molecule has 1 saturated carbocycles. The third-order valence-corrected chi connectivity index (χ3v) is 5.37. The normalized spacial score (nSPS) is 18.7. The molecule has 0 radical (unpaired) electrons. The van der Waals surface area contributed by atoms with Crippen molar-refractivity contribution in [2.45, 2.75) is 56.4 Å². The van der Waals surface area contributed by atoms with Crippen LogP contribution in [-0.2, 0) is 10.0 Å². The number of pyridine rings is 1. The summed E-state index contributed by atoms with van der Waals surface area (Å²) in [7, 11) is -3.49. The van der Waals surface area contributed by atoms with Gasteiger partial charge in [-0.05, 0) is 38.8 Å². The highest BCUT2D eigenvalue weighted by atomic mass is 32.2. The fraction of sp³-hybridized carbons (Fsp3) is 0.643. The molecule has 1 aromatic rings. The smallest absolute Gasteiger partial charge is 0.242 e. The van der Waals surface area contributed by atoms with E-state index in [1.165, 1.54) is 12.6 Å². The lowest BCUT2D eigenvalue weighted by atomic mass is 9.84. The van der Waals surface area contributed by atoms with Crippen molar-refractivity contribution in [2.75, 3.05) is 11.9 Å². The van der Waals surface area contributed by atoms with Crippen LogP contribution < -0.4 is 10.0 Å². The summed E-state index contributed by atoms with van der Waals surface area (Å²) >= 11 is 0. The third-order valence-electron chi connectivity index (χ3n) is 3.74. The molecule has 0 spiro atoms. The fourth-order valence-electron chi connectivity index (χ4n) is 2.64. The Labute approximate surface area is 121 Å². The molecular formula is C14H23N3O2S. The first-order chi connectivity index (χ1) is 9.45. The molecule has 5 nitrogen and oxygen atoms in total. The average Bonchev–Trinajstić information content (AvgIpc) is 2.39. The fourth-order valence-corrected chi connectivity index (χ4v) is 4.05. The van der Waals surface area contributed by atoms with Gasteiger partial charge < -0.3 is 5.32 Å². The lowest BCUT2D eigenvalue weighted by molar-refractivity contribution is 0.294. The zero-order chi connectivity index (χ0) is 14.6. The molecule has 0 bridgehead atoms. The molecule has 2 N–H and O–H groups in total. The van der Waals surface area contributed by atoms with Crippen LogP contribution in [0.15, 0.2) is 23.2 Å². The molecule has 1 aliphatic rings. The maximum Gasteiger partial charge on any atom is 0.242 e. The number of hydrogen-bond acceptors (Lipinski definition) is 4. The second-order valence-electron chi connectivity index (χ2n) is 5.64. The van der Waals surface area contributed by atoms with Crippen molar-refractivity contribution in [1.29, 1.82) is 0 Å². The minimum atomic E-state index is -3.49. The van der Waals surface area contributed by atoms with Gasteiger partial charge in [-0.3, -0.25) is 0 Å². The van der Waals surface area contributed by atoms with Crippen LogP contribution in [0.2, 0.25) is 0 Å². The van der Waals surface area contributed by atoms with E-state index in [1.807, 2.05) is 13.8 Å². The summed E-state index contributed by atoms with van der Waals surface area (Å²) in [4.78, 5) is 4.35. The van der Waals surface area contributed by atoms with Crippen LogP contribution >= 0.6 is 0 Å². The summed E-state index contributed by atoms with van der Waals surface area (Å²) in [5.74, 6) is 0.690. The van der Waals surface area contributed by atoms with E-state index in [2.05, 4.69) is 15.0 Å². The molecule has 0 amide bonds. The van der Waals surface area contributed by atoms with Crippen molar-refractivity contribution >= 4 is 15.8 Å². The van der Waals surface area contributed by atoms with Gasteiger partial charge in [0.15, 0.2) is 0 Å². The highest BCUT2D eigenvalue weighted by Crippen LogP contribution is 2.29. The first-order valence-electron chi connectivity index (χ1n) is 7.19. The summed E-state index contributed by atoms with van der Waals surface area (Å²) < 4.78 is 27.7. The maximum atomic E-state index is 12.4. The van der Waals surface area contributed by atoms with Gasteiger partial charge in [-0.15, -0.1) is 0 Å². The summed E-state index contributed by atoms with van der Waals surface area (Å²) in [6, 6.07) is 3.29. The van der Waals surface area contributed by atoms with Gasteiger partial charge in [-0.25, -0.2) is 18.1 Å². The van der Waals surface area contributed by atoms with E-state index in [-0.39, 0.29) is 10.4 Å². The second kappa shape index (κ2) is 6.10. The van der Waals surface area contributed by atoms with E-state index >= 15 is 0 Å². The van der Waals surface area contributed by atoms with E-state index in [9.17, 15) is 8.42 Å². The lowest BCUT2D eigenvalue weighted by Crippen LogP contribution is -2.47. The number of nitrogens with zero attached hydrogens (tertiary/aromatic N) is 1. The van der Waals surface area contributed by atoms with Crippen molar-refractivity contribution < 1.29 is 8.42 Å². The minimum Gasteiger partial charge on any atom is -0.370 e. The van der Waals surface area contributed by atoms with Gasteiger partial charge >= 0.3 is 0 Å². The van der Waals surface area contributed by atoms with E-state index in [4.69, 9.17) is 0 Å². The number of hydrogen-bond donors (Lipinski definition) is 2. The van der Waals surface area contributed by atoms with Crippen LogP contribution in [0, 0.1) is 0 Å². The van der Waals surface area contributed by atoms with Gasteiger partial charge in [0.05, 0.1) is 0 Å². The Bertz CT molecular complexity index is 534. The number of nitrogens with one attached hydrogen (secondary N) is 2. The number of rotatable bonds is 5. The van der Waals surface area contributed by atoms with Crippen LogP contribution in [0.5, 0.6) is 0 Å². The molecule has 20 heavy (non-hydrogen) atoms. The average molecular weight is 297 g/mol. The summed E-state index contributed by atoms with van der Waals surface area (Å²) in [6.45, 7) is 4.72. The van der Waals surface area contributed by atoms with Crippen LogP contribution in [-0.4, -0.2) is 25.5 Å². The minimum absolute atomic E-state index is 0.228. The van der Waals surface area contributed by atoms with Gasteiger partial charge in [0, 0.05) is 18.3 Å². The monoisotopic (exact) mass is 297 g/mol. The molecule has 0 aliphatic heterocycles. The van der Waals surface area contributed by atoms with Crippen molar-refractivity contribution in [3.05, 3.63) is 18.3 Å². The van der Waals surface area contributed by atoms with Crippen molar-refractivity contribution in [1.82, 2.24) is 9.71 Å². The van der Waals surface area contributed by atoms with Gasteiger partial charge in [0.1, 0.15) is 10.7 Å². The predicted octanol–water partition coefficient (Wildman–Crippen LogP) is 2.51. The van der Waals surface area contributed by atoms with Crippen molar-refractivity contribution in [3.63, 3.8) is 0 Å². The summed E-state index contributed by atoms with van der Waals surface area (Å²) in [5.41, 5.74) is -0.322. The third kappa shape index (κ3) is 3.70. The Kier molecular flexibility index (Phi) is 4.65. The SMILES string of the molecule is CCNc1ccc(S(=O)(=O)NC2(C)CCCCC2)cn1. The van der Waals surface area contributed by atoms with Crippen LogP contribution in [0.3, 0.4) is 0 Å². The second-order valence-corrected chi connectivity index (χ2v) is 7.32. The topological polar surface area (TPSA) is 71.1 Å². The molecule has 2 rings (SSSR count). The molecule has 0 atom stereocenters. The van der Waals surface area contributed by atoms with Gasteiger partial charge in [-0.2, -0.15) is 0 Å². The maximum absolute atomic E-state index is 12.4. The van der Waals surface area contributed by atoms with Crippen LogP contribution in [0.25, 0.3) is 0 Å². The lowest BCUT2D eigenvalue weighted by Gasteiger charge is -2.34. The first-order valence-corrected chi connectivity index (χ1v) is 8.67. The first kappa shape index (κ1) is 15.3. The Morgan fingerprint density at radius 3 is 2.50 bits per heavy atom. The van der Waals surface area contributed by atoms with Gasteiger partial charge in [-0.1, -0.05) is 19.3 Å². The van der Waals surface area contributed by atoms with Crippen molar-refractivity contribution in [2.24, 2.45) is 0 Å².